The van der Waals surface area contributed by atoms with Crippen molar-refractivity contribution in [3.8, 4) is 11.9 Å². The highest BCUT2D eigenvalue weighted by atomic mass is 32.1. The molecule has 0 aromatic carbocycles. The Bertz CT molecular complexity index is 488. The molecule has 0 spiro atoms. The normalized spacial score (nSPS) is 9.69. The second-order valence-corrected chi connectivity index (χ2v) is 4.20. The van der Waals surface area contributed by atoms with Crippen LogP contribution in [0.3, 0.4) is 0 Å². The van der Waals surface area contributed by atoms with E-state index < -0.39 is 0 Å². The van der Waals surface area contributed by atoms with Gasteiger partial charge >= 0.3 is 0 Å². The molecular weight excluding hydrogens is 220 g/mol. The van der Waals surface area contributed by atoms with Gasteiger partial charge in [0.25, 0.3) is 0 Å². The van der Waals surface area contributed by atoms with Crippen molar-refractivity contribution in [3.05, 3.63) is 46.3 Å². The first-order valence-electron chi connectivity index (χ1n) is 4.90. The Balaban J connectivity index is 1.88. The maximum atomic E-state index is 8.71. The summed E-state index contributed by atoms with van der Waals surface area (Å²) in [4.78, 5) is 5.32. The molecule has 2 aromatic rings. The van der Waals surface area contributed by atoms with Crippen LogP contribution in [-0.2, 0) is 6.42 Å². The van der Waals surface area contributed by atoms with Crippen LogP contribution in [-0.4, -0.2) is 11.6 Å². The number of aromatic nitrogens is 1. The third-order valence-electron chi connectivity index (χ3n) is 2.04. The van der Waals surface area contributed by atoms with Crippen LogP contribution in [0.15, 0.2) is 35.8 Å². The zero-order valence-corrected chi connectivity index (χ0v) is 9.41. The molecule has 3 nitrogen and oxygen atoms in total. The molecule has 2 heterocycles. The van der Waals surface area contributed by atoms with Crippen molar-refractivity contribution in [2.45, 2.75) is 6.42 Å². The monoisotopic (exact) mass is 230 g/mol. The molecule has 16 heavy (non-hydrogen) atoms. The first kappa shape index (κ1) is 10.7. The number of hydrogen-bond acceptors (Lipinski definition) is 4. The lowest BCUT2D eigenvalue weighted by atomic mass is 10.3. The molecule has 0 saturated carbocycles. The Kier molecular flexibility index (Phi) is 3.52. The molecule has 0 atom stereocenters. The van der Waals surface area contributed by atoms with Crippen LogP contribution >= 0.6 is 11.3 Å². The third-order valence-corrected chi connectivity index (χ3v) is 2.98. The van der Waals surface area contributed by atoms with E-state index in [9.17, 15) is 0 Å². The quantitative estimate of drug-likeness (QED) is 0.811. The highest BCUT2D eigenvalue weighted by Crippen LogP contribution is 2.11. The molecule has 2 rings (SSSR count). The molecule has 0 fully saturated rings. The number of rotatable bonds is 4. The van der Waals surface area contributed by atoms with Crippen LogP contribution in [0.5, 0.6) is 5.88 Å². The molecule has 0 aliphatic carbocycles. The van der Waals surface area contributed by atoms with E-state index in [1.807, 2.05) is 11.4 Å². The van der Waals surface area contributed by atoms with Gasteiger partial charge in [-0.3, -0.25) is 0 Å². The maximum Gasteiger partial charge on any atom is 0.214 e. The highest BCUT2D eigenvalue weighted by Gasteiger charge is 1.98. The fraction of sp³-hybridized carbons (Fsp3) is 0.167. The number of nitrogens with zero attached hydrogens (tertiary/aromatic N) is 2. The van der Waals surface area contributed by atoms with Gasteiger partial charge in [0.05, 0.1) is 18.2 Å². The minimum atomic E-state index is 0.510. The van der Waals surface area contributed by atoms with Crippen molar-refractivity contribution in [1.82, 2.24) is 4.98 Å². The molecule has 0 unspecified atom stereocenters. The molecule has 0 N–H and O–H groups in total. The zero-order chi connectivity index (χ0) is 11.2. The average molecular weight is 230 g/mol. The lowest BCUT2D eigenvalue weighted by Gasteiger charge is -2.03. The minimum absolute atomic E-state index is 0.510. The van der Waals surface area contributed by atoms with Gasteiger partial charge in [0.1, 0.15) is 0 Å². The van der Waals surface area contributed by atoms with E-state index in [1.165, 1.54) is 4.88 Å². The predicted molar refractivity (Wildman–Crippen MR) is 62.5 cm³/mol. The van der Waals surface area contributed by atoms with Gasteiger partial charge in [0.15, 0.2) is 0 Å². The summed E-state index contributed by atoms with van der Waals surface area (Å²) in [5.74, 6) is 0.510. The topological polar surface area (TPSA) is 45.9 Å². The third kappa shape index (κ3) is 2.81. The smallest absolute Gasteiger partial charge is 0.214 e. The summed E-state index contributed by atoms with van der Waals surface area (Å²) in [7, 11) is 0. The van der Waals surface area contributed by atoms with Gasteiger partial charge in [-0.25, -0.2) is 4.98 Å². The summed E-state index contributed by atoms with van der Waals surface area (Å²) in [5.41, 5.74) is 0.570. The van der Waals surface area contributed by atoms with Gasteiger partial charge in [0.2, 0.25) is 5.88 Å². The van der Waals surface area contributed by atoms with E-state index in [2.05, 4.69) is 17.1 Å². The van der Waals surface area contributed by atoms with E-state index in [-0.39, 0.29) is 0 Å². The molecule has 0 radical (unpaired) electrons. The molecule has 0 bridgehead atoms. The van der Waals surface area contributed by atoms with E-state index >= 15 is 0 Å². The number of thiophene rings is 1. The first-order chi connectivity index (χ1) is 7.88. The summed E-state index contributed by atoms with van der Waals surface area (Å²) in [5, 5.41) is 10.8. The van der Waals surface area contributed by atoms with Crippen molar-refractivity contribution in [1.29, 1.82) is 5.26 Å². The second-order valence-electron chi connectivity index (χ2n) is 3.17. The van der Waals surface area contributed by atoms with E-state index in [1.54, 1.807) is 29.7 Å². The number of hydrogen-bond donors (Lipinski definition) is 0. The minimum Gasteiger partial charge on any atom is -0.477 e. The molecule has 80 valence electrons. The Morgan fingerprint density at radius 1 is 1.44 bits per heavy atom. The van der Waals surface area contributed by atoms with Crippen molar-refractivity contribution in [3.63, 3.8) is 0 Å². The Morgan fingerprint density at radius 2 is 2.38 bits per heavy atom. The van der Waals surface area contributed by atoms with Gasteiger partial charge in [-0.2, -0.15) is 5.26 Å². The van der Waals surface area contributed by atoms with Crippen LogP contribution in [0.2, 0.25) is 0 Å². The van der Waals surface area contributed by atoms with Gasteiger partial charge in [-0.05, 0) is 17.5 Å². The van der Waals surface area contributed by atoms with Crippen molar-refractivity contribution < 1.29 is 4.74 Å². The molecule has 2 aromatic heterocycles. The summed E-state index contributed by atoms with van der Waals surface area (Å²) in [6, 6.07) is 9.46. The summed E-state index contributed by atoms with van der Waals surface area (Å²) >= 11 is 1.71. The van der Waals surface area contributed by atoms with Crippen molar-refractivity contribution in [2.24, 2.45) is 0 Å². The Hall–Kier alpha value is -1.86. The SMILES string of the molecule is N#Cc1ccnc(OCCc2cccs2)c1. The van der Waals surface area contributed by atoms with Gasteiger partial charge in [0, 0.05) is 23.6 Å². The van der Waals surface area contributed by atoms with Crippen molar-refractivity contribution in [2.75, 3.05) is 6.61 Å². The second kappa shape index (κ2) is 5.29. The maximum absolute atomic E-state index is 8.71. The van der Waals surface area contributed by atoms with Crippen molar-refractivity contribution >= 4 is 11.3 Å². The van der Waals surface area contributed by atoms with Crippen LogP contribution in [0.4, 0.5) is 0 Å². The summed E-state index contributed by atoms with van der Waals surface area (Å²) < 4.78 is 5.47. The molecule has 0 aliphatic rings. The molecule has 0 amide bonds. The fourth-order valence-corrected chi connectivity index (χ4v) is 1.96. The number of ether oxygens (including phenoxy) is 1. The summed E-state index contributed by atoms with van der Waals surface area (Å²) in [6.45, 7) is 0.586. The van der Waals surface area contributed by atoms with E-state index in [4.69, 9.17) is 10.00 Å². The van der Waals surface area contributed by atoms with Gasteiger partial charge in [-0.15, -0.1) is 11.3 Å². The van der Waals surface area contributed by atoms with Crippen LogP contribution in [0, 0.1) is 11.3 Å². The first-order valence-corrected chi connectivity index (χ1v) is 5.78. The summed E-state index contributed by atoms with van der Waals surface area (Å²) in [6.07, 6.45) is 2.45. The Morgan fingerprint density at radius 3 is 3.12 bits per heavy atom. The van der Waals surface area contributed by atoms with Crippen LogP contribution in [0.25, 0.3) is 0 Å². The van der Waals surface area contributed by atoms with Gasteiger partial charge in [-0.1, -0.05) is 6.07 Å². The number of nitriles is 1. The largest absolute Gasteiger partial charge is 0.477 e. The fourth-order valence-electron chi connectivity index (χ4n) is 1.27. The van der Waals surface area contributed by atoms with Crippen LogP contribution < -0.4 is 4.74 Å². The number of pyridine rings is 1. The lowest BCUT2D eigenvalue weighted by molar-refractivity contribution is 0.310. The predicted octanol–water partition coefficient (Wildman–Crippen LogP) is 2.64. The molecule has 0 aliphatic heterocycles. The molecular formula is C12H10N2OS. The lowest BCUT2D eigenvalue weighted by Crippen LogP contribution is -2.01. The van der Waals surface area contributed by atoms with Crippen LogP contribution in [0.1, 0.15) is 10.4 Å². The zero-order valence-electron chi connectivity index (χ0n) is 8.59. The average Bonchev–Trinajstić information content (AvgIpc) is 2.82. The highest BCUT2D eigenvalue weighted by molar-refractivity contribution is 7.09. The molecule has 4 heteroatoms. The molecule has 0 saturated heterocycles. The van der Waals surface area contributed by atoms with Gasteiger partial charge < -0.3 is 4.74 Å². The van der Waals surface area contributed by atoms with E-state index in [0.717, 1.165) is 6.42 Å². The standard InChI is InChI=1S/C12H10N2OS/c13-9-10-3-5-14-12(8-10)15-6-4-11-2-1-7-16-11/h1-3,5,7-8H,4,6H2. The van der Waals surface area contributed by atoms with E-state index in [0.29, 0.717) is 18.1 Å². The Labute approximate surface area is 97.9 Å².